The van der Waals surface area contributed by atoms with Crippen LogP contribution in [-0.4, -0.2) is 30.0 Å². The number of rotatable bonds is 8. The van der Waals surface area contributed by atoms with Crippen LogP contribution in [0.2, 0.25) is 0 Å². The van der Waals surface area contributed by atoms with Gasteiger partial charge < -0.3 is 0 Å². The Morgan fingerprint density at radius 2 is 1.58 bits per heavy atom. The van der Waals surface area contributed by atoms with Crippen LogP contribution < -0.4 is 0 Å². The minimum absolute atomic E-state index is 0.0729. The minimum atomic E-state index is -0.0729. The SMILES string of the molecule is CC(C)Cc1cn(C(C)(C)CC(C)Cn2cc(CC(C)(C)C)nn2)nn1. The molecule has 6 heteroatoms. The summed E-state index contributed by atoms with van der Waals surface area (Å²) in [7, 11) is 0. The summed E-state index contributed by atoms with van der Waals surface area (Å²) in [5, 5.41) is 17.4. The van der Waals surface area contributed by atoms with Crippen molar-refractivity contribution < 1.29 is 0 Å². The van der Waals surface area contributed by atoms with Crippen LogP contribution in [0.3, 0.4) is 0 Å². The van der Waals surface area contributed by atoms with Gasteiger partial charge in [0, 0.05) is 18.9 Å². The lowest BCUT2D eigenvalue weighted by molar-refractivity contribution is 0.230. The van der Waals surface area contributed by atoms with Gasteiger partial charge >= 0.3 is 0 Å². The zero-order valence-electron chi connectivity index (χ0n) is 17.8. The molecule has 146 valence electrons. The molecule has 0 amide bonds. The summed E-state index contributed by atoms with van der Waals surface area (Å²) >= 11 is 0. The molecule has 2 aromatic rings. The van der Waals surface area contributed by atoms with E-state index in [1.807, 2.05) is 9.36 Å². The van der Waals surface area contributed by atoms with Crippen molar-refractivity contribution in [1.82, 2.24) is 30.0 Å². The Bertz CT molecular complexity index is 689. The molecule has 0 aliphatic carbocycles. The Morgan fingerprint density at radius 1 is 0.923 bits per heavy atom. The molecule has 0 fully saturated rings. The maximum atomic E-state index is 4.38. The standard InChI is InChI=1S/C20H36N6/c1-15(2)9-17-14-26(24-21-17)20(7,8)10-16(3)12-25-13-18(22-23-25)11-19(4,5)6/h13-16H,9-12H2,1-8H3. The maximum Gasteiger partial charge on any atom is 0.0832 e. The molecule has 0 aromatic carbocycles. The maximum absolute atomic E-state index is 4.38. The summed E-state index contributed by atoms with van der Waals surface area (Å²) in [6.07, 6.45) is 7.12. The highest BCUT2D eigenvalue weighted by molar-refractivity contribution is 4.97. The fraction of sp³-hybridized carbons (Fsp3) is 0.800. The van der Waals surface area contributed by atoms with Crippen LogP contribution >= 0.6 is 0 Å². The molecule has 2 aromatic heterocycles. The molecule has 2 heterocycles. The normalized spacial score (nSPS) is 14.2. The Kier molecular flexibility index (Phi) is 6.25. The Hall–Kier alpha value is -1.72. The molecule has 0 N–H and O–H groups in total. The molecule has 6 nitrogen and oxygen atoms in total. The predicted octanol–water partition coefficient (Wildman–Crippen LogP) is 4.12. The molecule has 2 rings (SSSR count). The van der Waals surface area contributed by atoms with Gasteiger partial charge in [0.25, 0.3) is 0 Å². The van der Waals surface area contributed by atoms with Crippen LogP contribution in [0, 0.1) is 17.3 Å². The Morgan fingerprint density at radius 3 is 2.19 bits per heavy atom. The molecule has 0 saturated carbocycles. The molecular weight excluding hydrogens is 324 g/mol. The summed E-state index contributed by atoms with van der Waals surface area (Å²) in [5.74, 6) is 1.06. The molecule has 1 unspecified atom stereocenters. The molecule has 0 bridgehead atoms. The van der Waals surface area contributed by atoms with E-state index in [1.165, 1.54) is 0 Å². The first-order valence-corrected chi connectivity index (χ1v) is 9.75. The fourth-order valence-corrected chi connectivity index (χ4v) is 3.49. The fourth-order valence-electron chi connectivity index (χ4n) is 3.49. The van der Waals surface area contributed by atoms with Gasteiger partial charge in [-0.3, -0.25) is 4.68 Å². The first-order chi connectivity index (χ1) is 11.9. The summed E-state index contributed by atoms with van der Waals surface area (Å²) in [4.78, 5) is 0. The van der Waals surface area contributed by atoms with Gasteiger partial charge in [-0.05, 0) is 50.4 Å². The van der Waals surface area contributed by atoms with Crippen molar-refractivity contribution in [2.75, 3.05) is 0 Å². The van der Waals surface area contributed by atoms with E-state index in [0.717, 1.165) is 37.2 Å². The monoisotopic (exact) mass is 360 g/mol. The lowest BCUT2D eigenvalue weighted by atomic mass is 9.91. The smallest absolute Gasteiger partial charge is 0.0832 e. The summed E-state index contributed by atoms with van der Waals surface area (Å²) in [6, 6.07) is 0. The summed E-state index contributed by atoms with van der Waals surface area (Å²) in [6.45, 7) is 18.7. The average Bonchev–Trinajstić information content (AvgIpc) is 3.05. The predicted molar refractivity (Wildman–Crippen MR) is 105 cm³/mol. The van der Waals surface area contributed by atoms with Crippen molar-refractivity contribution in [3.05, 3.63) is 23.8 Å². The minimum Gasteiger partial charge on any atom is -0.252 e. The second kappa shape index (κ2) is 7.89. The molecule has 0 aliphatic heterocycles. The first kappa shape index (κ1) is 20.6. The van der Waals surface area contributed by atoms with Crippen molar-refractivity contribution in [2.45, 2.75) is 86.7 Å². The lowest BCUT2D eigenvalue weighted by Gasteiger charge is -2.28. The molecule has 0 radical (unpaired) electrons. The van der Waals surface area contributed by atoms with E-state index in [-0.39, 0.29) is 11.0 Å². The van der Waals surface area contributed by atoms with Gasteiger partial charge in [0.05, 0.1) is 16.9 Å². The Labute approximate surface area is 158 Å². The third-order valence-electron chi connectivity index (χ3n) is 4.42. The zero-order chi connectivity index (χ0) is 19.5. The first-order valence-electron chi connectivity index (χ1n) is 9.75. The van der Waals surface area contributed by atoms with Crippen LogP contribution in [0.25, 0.3) is 0 Å². The van der Waals surface area contributed by atoms with Gasteiger partial charge in [-0.2, -0.15) is 0 Å². The van der Waals surface area contributed by atoms with Gasteiger partial charge in [-0.15, -0.1) is 10.2 Å². The molecule has 0 spiro atoms. The van der Waals surface area contributed by atoms with E-state index in [9.17, 15) is 0 Å². The topological polar surface area (TPSA) is 61.4 Å². The van der Waals surface area contributed by atoms with E-state index < -0.39 is 0 Å². The lowest BCUT2D eigenvalue weighted by Crippen LogP contribution is -2.30. The van der Waals surface area contributed by atoms with E-state index in [4.69, 9.17) is 0 Å². The second-order valence-electron chi connectivity index (χ2n) is 10.0. The number of hydrogen-bond acceptors (Lipinski definition) is 4. The van der Waals surface area contributed by atoms with Gasteiger partial charge in [0.1, 0.15) is 0 Å². The van der Waals surface area contributed by atoms with Crippen LogP contribution in [0.4, 0.5) is 0 Å². The van der Waals surface area contributed by atoms with Crippen LogP contribution in [0.15, 0.2) is 12.4 Å². The van der Waals surface area contributed by atoms with Gasteiger partial charge in [-0.1, -0.05) is 52.0 Å². The summed E-state index contributed by atoms with van der Waals surface area (Å²) in [5.41, 5.74) is 2.30. The quantitative estimate of drug-likeness (QED) is 0.710. The van der Waals surface area contributed by atoms with Crippen LogP contribution in [0.1, 0.15) is 73.2 Å². The Balaban J connectivity index is 1.95. The number of hydrogen-bond donors (Lipinski definition) is 0. The van der Waals surface area contributed by atoms with Crippen molar-refractivity contribution >= 4 is 0 Å². The van der Waals surface area contributed by atoms with Crippen molar-refractivity contribution in [1.29, 1.82) is 0 Å². The molecule has 0 saturated heterocycles. The van der Waals surface area contributed by atoms with E-state index in [2.05, 4.69) is 88.4 Å². The average molecular weight is 361 g/mol. The molecule has 1 atom stereocenters. The summed E-state index contributed by atoms with van der Waals surface area (Å²) < 4.78 is 4.00. The zero-order valence-corrected chi connectivity index (χ0v) is 17.8. The van der Waals surface area contributed by atoms with Gasteiger partial charge in [0.15, 0.2) is 0 Å². The third-order valence-corrected chi connectivity index (χ3v) is 4.42. The second-order valence-corrected chi connectivity index (χ2v) is 10.0. The van der Waals surface area contributed by atoms with Crippen molar-refractivity contribution in [3.63, 3.8) is 0 Å². The van der Waals surface area contributed by atoms with Crippen molar-refractivity contribution in [2.24, 2.45) is 17.3 Å². The highest BCUT2D eigenvalue weighted by Gasteiger charge is 2.25. The van der Waals surface area contributed by atoms with Crippen LogP contribution in [0.5, 0.6) is 0 Å². The van der Waals surface area contributed by atoms with E-state index in [0.29, 0.717) is 11.8 Å². The highest BCUT2D eigenvalue weighted by atomic mass is 15.4. The van der Waals surface area contributed by atoms with Gasteiger partial charge in [0.2, 0.25) is 0 Å². The third kappa shape index (κ3) is 6.22. The number of nitrogens with zero attached hydrogens (tertiary/aromatic N) is 6. The molecule has 0 aliphatic rings. The van der Waals surface area contributed by atoms with Crippen LogP contribution in [-0.2, 0) is 24.9 Å². The molecule has 26 heavy (non-hydrogen) atoms. The molecular formula is C20H36N6. The highest BCUT2D eigenvalue weighted by Crippen LogP contribution is 2.25. The van der Waals surface area contributed by atoms with Gasteiger partial charge in [-0.25, -0.2) is 4.68 Å². The van der Waals surface area contributed by atoms with E-state index >= 15 is 0 Å². The largest absolute Gasteiger partial charge is 0.252 e. The van der Waals surface area contributed by atoms with Crippen molar-refractivity contribution in [3.8, 4) is 0 Å². The number of aromatic nitrogens is 6. The van der Waals surface area contributed by atoms with E-state index in [1.54, 1.807) is 0 Å².